The van der Waals surface area contributed by atoms with E-state index in [9.17, 15) is 0 Å². The molecular weight excluding hydrogens is 208 g/mol. The number of nitrogens with zero attached hydrogens (tertiary/aromatic N) is 1. The van der Waals surface area contributed by atoms with E-state index in [-0.39, 0.29) is 0 Å². The molecule has 0 spiro atoms. The molecular formula is C15H32N2. The van der Waals surface area contributed by atoms with Gasteiger partial charge in [-0.2, -0.15) is 0 Å². The predicted molar refractivity (Wildman–Crippen MR) is 76.2 cm³/mol. The van der Waals surface area contributed by atoms with E-state index >= 15 is 0 Å². The second-order valence-electron chi connectivity index (χ2n) is 6.80. The van der Waals surface area contributed by atoms with Gasteiger partial charge in [0, 0.05) is 18.6 Å². The molecule has 2 N–H and O–H groups in total. The molecule has 0 amide bonds. The summed E-state index contributed by atoms with van der Waals surface area (Å²) >= 11 is 0. The summed E-state index contributed by atoms with van der Waals surface area (Å²) in [5.74, 6) is 0. The standard InChI is InChI=1S/C15H32N2/c1-5-13-9-7-6-8-10-17(13)14(12-16)11-15(2,3)4/h13-14H,5-12,16H2,1-4H3. The third-order valence-corrected chi connectivity index (χ3v) is 3.98. The second kappa shape index (κ2) is 6.75. The fraction of sp³-hybridized carbons (Fsp3) is 1.00. The summed E-state index contributed by atoms with van der Waals surface area (Å²) in [4.78, 5) is 2.72. The highest BCUT2D eigenvalue weighted by atomic mass is 15.2. The van der Waals surface area contributed by atoms with E-state index in [1.807, 2.05) is 0 Å². The van der Waals surface area contributed by atoms with E-state index < -0.39 is 0 Å². The normalized spacial score (nSPS) is 25.6. The first-order valence-corrected chi connectivity index (χ1v) is 7.43. The molecule has 1 rings (SSSR count). The first-order chi connectivity index (χ1) is 7.98. The average Bonchev–Trinajstić information content (AvgIpc) is 2.49. The van der Waals surface area contributed by atoms with Gasteiger partial charge in [-0.15, -0.1) is 0 Å². The molecule has 1 fully saturated rings. The van der Waals surface area contributed by atoms with Crippen molar-refractivity contribution in [3.8, 4) is 0 Å². The molecule has 0 aromatic rings. The Bertz CT molecular complexity index is 207. The highest BCUT2D eigenvalue weighted by Crippen LogP contribution is 2.28. The highest BCUT2D eigenvalue weighted by Gasteiger charge is 2.28. The van der Waals surface area contributed by atoms with E-state index in [2.05, 4.69) is 32.6 Å². The SMILES string of the molecule is CCC1CCCCCN1C(CN)CC(C)(C)C. The van der Waals surface area contributed by atoms with Crippen molar-refractivity contribution in [2.75, 3.05) is 13.1 Å². The van der Waals surface area contributed by atoms with Crippen LogP contribution in [0.25, 0.3) is 0 Å². The number of likely N-dealkylation sites (tertiary alicyclic amines) is 1. The highest BCUT2D eigenvalue weighted by molar-refractivity contribution is 4.84. The second-order valence-corrected chi connectivity index (χ2v) is 6.80. The van der Waals surface area contributed by atoms with Crippen molar-refractivity contribution in [3.05, 3.63) is 0 Å². The first-order valence-electron chi connectivity index (χ1n) is 7.43. The Labute approximate surface area is 108 Å². The molecule has 0 saturated carbocycles. The molecule has 1 aliphatic heterocycles. The van der Waals surface area contributed by atoms with Crippen LogP contribution in [0.15, 0.2) is 0 Å². The van der Waals surface area contributed by atoms with E-state index in [1.54, 1.807) is 0 Å². The van der Waals surface area contributed by atoms with Crippen LogP contribution in [0.2, 0.25) is 0 Å². The molecule has 1 heterocycles. The van der Waals surface area contributed by atoms with Gasteiger partial charge in [0.1, 0.15) is 0 Å². The van der Waals surface area contributed by atoms with Crippen LogP contribution < -0.4 is 5.73 Å². The van der Waals surface area contributed by atoms with Gasteiger partial charge < -0.3 is 5.73 Å². The predicted octanol–water partition coefficient (Wildman–Crippen LogP) is 3.40. The summed E-state index contributed by atoms with van der Waals surface area (Å²) in [6.07, 6.45) is 8.04. The number of nitrogens with two attached hydrogens (primary N) is 1. The van der Waals surface area contributed by atoms with Gasteiger partial charge in [-0.1, -0.05) is 40.5 Å². The van der Waals surface area contributed by atoms with Crippen LogP contribution in [0.3, 0.4) is 0 Å². The molecule has 0 radical (unpaired) electrons. The quantitative estimate of drug-likeness (QED) is 0.816. The van der Waals surface area contributed by atoms with Gasteiger partial charge in [0.25, 0.3) is 0 Å². The van der Waals surface area contributed by atoms with Crippen LogP contribution in [0.4, 0.5) is 0 Å². The Morgan fingerprint density at radius 2 is 1.94 bits per heavy atom. The Hall–Kier alpha value is -0.0800. The van der Waals surface area contributed by atoms with Crippen LogP contribution >= 0.6 is 0 Å². The van der Waals surface area contributed by atoms with Gasteiger partial charge in [0.15, 0.2) is 0 Å². The lowest BCUT2D eigenvalue weighted by atomic mass is 9.86. The molecule has 1 aliphatic rings. The van der Waals surface area contributed by atoms with Crippen molar-refractivity contribution >= 4 is 0 Å². The summed E-state index contributed by atoms with van der Waals surface area (Å²) in [5.41, 5.74) is 6.42. The van der Waals surface area contributed by atoms with Crippen molar-refractivity contribution in [2.24, 2.45) is 11.1 Å². The smallest absolute Gasteiger partial charge is 0.0226 e. The van der Waals surface area contributed by atoms with E-state index in [4.69, 9.17) is 5.73 Å². The molecule has 2 atom stereocenters. The van der Waals surface area contributed by atoms with Crippen LogP contribution in [0.5, 0.6) is 0 Å². The lowest BCUT2D eigenvalue weighted by Gasteiger charge is -2.39. The maximum atomic E-state index is 6.04. The van der Waals surface area contributed by atoms with Crippen LogP contribution in [-0.4, -0.2) is 30.1 Å². The van der Waals surface area contributed by atoms with Gasteiger partial charge in [0.05, 0.1) is 0 Å². The van der Waals surface area contributed by atoms with Gasteiger partial charge in [-0.05, 0) is 37.6 Å². The zero-order chi connectivity index (χ0) is 12.9. The maximum Gasteiger partial charge on any atom is 0.0226 e. The zero-order valence-corrected chi connectivity index (χ0v) is 12.3. The lowest BCUT2D eigenvalue weighted by molar-refractivity contribution is 0.104. The van der Waals surface area contributed by atoms with Gasteiger partial charge in [-0.3, -0.25) is 4.90 Å². The monoisotopic (exact) mass is 240 g/mol. The van der Waals surface area contributed by atoms with Gasteiger partial charge in [-0.25, -0.2) is 0 Å². The molecule has 102 valence electrons. The molecule has 1 saturated heterocycles. The fourth-order valence-electron chi connectivity index (χ4n) is 3.16. The van der Waals surface area contributed by atoms with E-state index in [0.717, 1.165) is 12.6 Å². The summed E-state index contributed by atoms with van der Waals surface area (Å²) in [6, 6.07) is 1.35. The van der Waals surface area contributed by atoms with Crippen LogP contribution in [0.1, 0.15) is 66.2 Å². The Morgan fingerprint density at radius 1 is 1.24 bits per heavy atom. The molecule has 2 unspecified atom stereocenters. The third kappa shape index (κ3) is 4.97. The van der Waals surface area contributed by atoms with Crippen LogP contribution in [0, 0.1) is 5.41 Å². The molecule has 0 aromatic carbocycles. The molecule has 2 nitrogen and oxygen atoms in total. The summed E-state index contributed by atoms with van der Waals surface area (Å²) in [6.45, 7) is 11.4. The minimum Gasteiger partial charge on any atom is -0.329 e. The number of hydrogen-bond donors (Lipinski definition) is 1. The fourth-order valence-corrected chi connectivity index (χ4v) is 3.16. The largest absolute Gasteiger partial charge is 0.329 e. The summed E-state index contributed by atoms with van der Waals surface area (Å²) in [7, 11) is 0. The van der Waals surface area contributed by atoms with Crippen LogP contribution in [-0.2, 0) is 0 Å². The lowest BCUT2D eigenvalue weighted by Crippen LogP contribution is -2.48. The van der Waals surface area contributed by atoms with Crippen molar-refractivity contribution in [1.29, 1.82) is 0 Å². The van der Waals surface area contributed by atoms with Crippen molar-refractivity contribution < 1.29 is 0 Å². The minimum atomic E-state index is 0.384. The number of rotatable bonds is 4. The molecule has 0 bridgehead atoms. The summed E-state index contributed by atoms with van der Waals surface area (Å²) in [5, 5.41) is 0. The average molecular weight is 240 g/mol. The maximum absolute atomic E-state index is 6.04. The third-order valence-electron chi connectivity index (χ3n) is 3.98. The molecule has 0 aliphatic carbocycles. The molecule has 17 heavy (non-hydrogen) atoms. The van der Waals surface area contributed by atoms with E-state index in [1.165, 1.54) is 45.1 Å². The number of hydrogen-bond acceptors (Lipinski definition) is 2. The Morgan fingerprint density at radius 3 is 2.47 bits per heavy atom. The Kier molecular flexibility index (Phi) is 5.94. The molecule has 0 aromatic heterocycles. The summed E-state index contributed by atoms with van der Waals surface area (Å²) < 4.78 is 0. The Balaban J connectivity index is 2.68. The van der Waals surface area contributed by atoms with Crippen molar-refractivity contribution in [1.82, 2.24) is 4.90 Å². The van der Waals surface area contributed by atoms with Crippen molar-refractivity contribution in [2.45, 2.75) is 78.3 Å². The first kappa shape index (κ1) is 15.0. The van der Waals surface area contributed by atoms with Gasteiger partial charge >= 0.3 is 0 Å². The zero-order valence-electron chi connectivity index (χ0n) is 12.3. The topological polar surface area (TPSA) is 29.3 Å². The van der Waals surface area contributed by atoms with E-state index in [0.29, 0.717) is 11.5 Å². The minimum absolute atomic E-state index is 0.384. The van der Waals surface area contributed by atoms with Crippen molar-refractivity contribution in [3.63, 3.8) is 0 Å². The van der Waals surface area contributed by atoms with Gasteiger partial charge in [0.2, 0.25) is 0 Å². The molecule has 2 heteroatoms.